The normalized spacial score (nSPS) is 23.3. The second kappa shape index (κ2) is 7.05. The lowest BCUT2D eigenvalue weighted by atomic mass is 9.86. The van der Waals surface area contributed by atoms with Crippen LogP contribution in [0.15, 0.2) is 35.7 Å². The van der Waals surface area contributed by atoms with Gasteiger partial charge in [-0.05, 0) is 49.1 Å². The summed E-state index contributed by atoms with van der Waals surface area (Å²) in [6.45, 7) is 0. The number of halogens is 1. The smallest absolute Gasteiger partial charge is 0.227 e. The van der Waals surface area contributed by atoms with E-state index in [0.717, 1.165) is 25.7 Å². The molecule has 0 N–H and O–H groups in total. The minimum absolute atomic E-state index is 0.0831. The van der Waals surface area contributed by atoms with E-state index in [4.69, 9.17) is 0 Å². The van der Waals surface area contributed by atoms with Crippen LogP contribution in [0.4, 0.5) is 10.1 Å². The zero-order valence-electron chi connectivity index (χ0n) is 13.5. The van der Waals surface area contributed by atoms with Crippen LogP contribution in [0.1, 0.15) is 38.5 Å². The quantitative estimate of drug-likeness (QED) is 0.835. The summed E-state index contributed by atoms with van der Waals surface area (Å²) in [6.07, 6.45) is 7.57. The van der Waals surface area contributed by atoms with E-state index in [-0.39, 0.29) is 17.5 Å². The lowest BCUT2D eigenvalue weighted by Gasteiger charge is -2.30. The molecule has 1 atom stereocenters. The van der Waals surface area contributed by atoms with Gasteiger partial charge in [-0.25, -0.2) is 12.8 Å². The molecule has 1 aromatic carbocycles. The summed E-state index contributed by atoms with van der Waals surface area (Å²) in [5.74, 6) is -0.217. The Balaban J connectivity index is 1.82. The predicted octanol–water partition coefficient (Wildman–Crippen LogP) is 3.44. The van der Waals surface area contributed by atoms with Crippen molar-refractivity contribution in [2.45, 2.75) is 44.6 Å². The lowest BCUT2D eigenvalue weighted by Crippen LogP contribution is -2.42. The minimum Gasteiger partial charge on any atom is -0.304 e. The van der Waals surface area contributed by atoms with Crippen LogP contribution in [0.2, 0.25) is 0 Å². The number of hydrogen-bond acceptors (Lipinski definition) is 3. The summed E-state index contributed by atoms with van der Waals surface area (Å²) in [5.41, 5.74) is 0.545. The number of amides is 1. The molecule has 1 saturated carbocycles. The molecule has 0 spiro atoms. The Kier molecular flexibility index (Phi) is 5.04. The van der Waals surface area contributed by atoms with Crippen molar-refractivity contribution >= 4 is 21.4 Å². The van der Waals surface area contributed by atoms with Gasteiger partial charge in [0.05, 0.1) is 11.8 Å². The molecule has 1 aromatic rings. The van der Waals surface area contributed by atoms with Crippen LogP contribution < -0.4 is 4.90 Å². The predicted molar refractivity (Wildman–Crippen MR) is 91.8 cm³/mol. The molecule has 24 heavy (non-hydrogen) atoms. The molecular weight excluding hydrogens is 329 g/mol. The number of rotatable bonds is 4. The third-order valence-corrected chi connectivity index (χ3v) is 6.18. The van der Waals surface area contributed by atoms with E-state index in [1.165, 1.54) is 41.0 Å². The fourth-order valence-corrected chi connectivity index (χ4v) is 4.85. The Morgan fingerprint density at radius 3 is 2.38 bits per heavy atom. The number of anilines is 1. The highest BCUT2D eigenvalue weighted by Crippen LogP contribution is 2.30. The van der Waals surface area contributed by atoms with E-state index in [1.54, 1.807) is 6.08 Å². The summed E-state index contributed by atoms with van der Waals surface area (Å²) in [7, 11) is -3.27. The summed E-state index contributed by atoms with van der Waals surface area (Å²) in [4.78, 5) is 14.4. The van der Waals surface area contributed by atoms with Gasteiger partial charge in [0.25, 0.3) is 0 Å². The third-order valence-electron chi connectivity index (χ3n) is 4.80. The highest BCUT2D eigenvalue weighted by Gasteiger charge is 2.32. The Labute approximate surface area is 142 Å². The van der Waals surface area contributed by atoms with Crippen LogP contribution >= 0.6 is 0 Å². The second-order valence-electron chi connectivity index (χ2n) is 6.67. The van der Waals surface area contributed by atoms with Gasteiger partial charge in [-0.15, -0.1) is 0 Å². The molecule has 0 unspecified atom stereocenters. The van der Waals surface area contributed by atoms with Crippen LogP contribution in [0, 0.1) is 11.7 Å². The standard InChI is InChI=1S/C18H22FNO3S/c19-15-6-8-16(9-7-15)20(17-10-11-24(22,23)13-17)18(21)12-14-4-2-1-3-5-14/h6-11,14,17H,1-5,12-13H2/t17-/m0/s1. The van der Waals surface area contributed by atoms with Gasteiger partial charge in [0, 0.05) is 17.5 Å². The largest absolute Gasteiger partial charge is 0.304 e. The molecule has 0 bridgehead atoms. The number of carbonyl (C=O) groups is 1. The summed E-state index contributed by atoms with van der Waals surface area (Å²) >= 11 is 0. The van der Waals surface area contributed by atoms with Crippen molar-refractivity contribution in [1.82, 2.24) is 0 Å². The van der Waals surface area contributed by atoms with Crippen molar-refractivity contribution in [2.24, 2.45) is 5.92 Å². The van der Waals surface area contributed by atoms with Crippen molar-refractivity contribution in [2.75, 3.05) is 10.7 Å². The van der Waals surface area contributed by atoms with Crippen LogP contribution in [0.25, 0.3) is 0 Å². The maximum atomic E-state index is 13.2. The zero-order chi connectivity index (χ0) is 17.2. The van der Waals surface area contributed by atoms with Gasteiger partial charge in [-0.2, -0.15) is 0 Å². The van der Waals surface area contributed by atoms with Crippen LogP contribution in [0.3, 0.4) is 0 Å². The summed E-state index contributed by atoms with van der Waals surface area (Å²) < 4.78 is 36.7. The van der Waals surface area contributed by atoms with E-state index >= 15 is 0 Å². The van der Waals surface area contributed by atoms with Gasteiger partial charge in [-0.3, -0.25) is 4.79 Å². The van der Waals surface area contributed by atoms with Gasteiger partial charge in [0.2, 0.25) is 5.91 Å². The Morgan fingerprint density at radius 2 is 1.79 bits per heavy atom. The second-order valence-corrected chi connectivity index (χ2v) is 8.60. The van der Waals surface area contributed by atoms with Crippen molar-refractivity contribution in [1.29, 1.82) is 0 Å². The Morgan fingerprint density at radius 1 is 1.12 bits per heavy atom. The lowest BCUT2D eigenvalue weighted by molar-refractivity contribution is -0.120. The summed E-state index contributed by atoms with van der Waals surface area (Å²) in [5, 5.41) is 1.17. The van der Waals surface area contributed by atoms with E-state index < -0.39 is 15.9 Å². The summed E-state index contributed by atoms with van der Waals surface area (Å²) in [6, 6.07) is 5.14. The van der Waals surface area contributed by atoms with Crippen LogP contribution in [0.5, 0.6) is 0 Å². The first-order chi connectivity index (χ1) is 11.4. The maximum absolute atomic E-state index is 13.2. The van der Waals surface area contributed by atoms with Crippen molar-refractivity contribution in [3.63, 3.8) is 0 Å². The molecule has 1 heterocycles. The molecule has 2 aliphatic rings. The monoisotopic (exact) mass is 351 g/mol. The number of carbonyl (C=O) groups excluding carboxylic acids is 1. The maximum Gasteiger partial charge on any atom is 0.227 e. The Bertz CT molecular complexity index is 721. The first kappa shape index (κ1) is 17.1. The van der Waals surface area contributed by atoms with E-state index in [2.05, 4.69) is 0 Å². The molecule has 3 rings (SSSR count). The first-order valence-corrected chi connectivity index (χ1v) is 10.1. The van der Waals surface area contributed by atoms with Crippen molar-refractivity contribution in [3.05, 3.63) is 41.6 Å². The van der Waals surface area contributed by atoms with Gasteiger partial charge >= 0.3 is 0 Å². The highest BCUT2D eigenvalue weighted by atomic mass is 32.2. The molecule has 0 aromatic heterocycles. The minimum atomic E-state index is -3.27. The topological polar surface area (TPSA) is 54.5 Å². The number of benzene rings is 1. The SMILES string of the molecule is O=C(CC1CCCCC1)N(c1ccc(F)cc1)[C@H]1C=CS(=O)(=O)C1. The average Bonchev–Trinajstić information content (AvgIpc) is 2.90. The molecular formula is C18H22FNO3S. The Hall–Kier alpha value is -1.69. The molecule has 6 heteroatoms. The third kappa shape index (κ3) is 4.04. The molecule has 1 aliphatic heterocycles. The van der Waals surface area contributed by atoms with Gasteiger partial charge in [0.1, 0.15) is 5.82 Å². The molecule has 0 radical (unpaired) electrons. The highest BCUT2D eigenvalue weighted by molar-refractivity contribution is 7.94. The zero-order valence-corrected chi connectivity index (χ0v) is 14.3. The molecule has 1 fully saturated rings. The van der Waals surface area contributed by atoms with Gasteiger partial charge < -0.3 is 4.90 Å². The molecule has 130 valence electrons. The van der Waals surface area contributed by atoms with Crippen molar-refractivity contribution < 1.29 is 17.6 Å². The number of hydrogen-bond donors (Lipinski definition) is 0. The van der Waals surface area contributed by atoms with Gasteiger partial charge in [0.15, 0.2) is 9.84 Å². The number of nitrogens with zero attached hydrogens (tertiary/aromatic N) is 1. The van der Waals surface area contributed by atoms with E-state index in [9.17, 15) is 17.6 Å². The average molecular weight is 351 g/mol. The fourth-order valence-electron chi connectivity index (χ4n) is 3.58. The first-order valence-electron chi connectivity index (χ1n) is 8.43. The number of sulfone groups is 1. The molecule has 4 nitrogen and oxygen atoms in total. The molecule has 0 saturated heterocycles. The molecule has 1 aliphatic carbocycles. The van der Waals surface area contributed by atoms with E-state index in [0.29, 0.717) is 18.0 Å². The van der Waals surface area contributed by atoms with Gasteiger partial charge in [-0.1, -0.05) is 19.3 Å². The fraction of sp³-hybridized carbons (Fsp3) is 0.500. The van der Waals surface area contributed by atoms with E-state index in [1.807, 2.05) is 0 Å². The van der Waals surface area contributed by atoms with Crippen LogP contribution in [-0.2, 0) is 14.6 Å². The van der Waals surface area contributed by atoms with Crippen molar-refractivity contribution in [3.8, 4) is 0 Å². The van der Waals surface area contributed by atoms with Crippen LogP contribution in [-0.4, -0.2) is 26.1 Å². The molecule has 1 amide bonds.